The van der Waals surface area contributed by atoms with Crippen molar-refractivity contribution in [2.45, 2.75) is 112 Å². The SMILES string of the molecule is COc1c(CN2O[C@@H](CN(C)C)[C@@H]([C@H](C)O)[C@H]2C(=O)N[C@H]2C[C@@H](C)C(C)(C)[C@@H](C)[C@@H]2C)cccc1-c1cc(C(=O)N[C@H](CN(C)C)CC(C)(C)C)cc(N(C)C)c1. The summed E-state index contributed by atoms with van der Waals surface area (Å²) in [5.41, 5.74) is 4.16. The van der Waals surface area contributed by atoms with Gasteiger partial charge in [0.05, 0.1) is 25.9 Å². The lowest BCUT2D eigenvalue weighted by atomic mass is 9.58. The number of aliphatic hydroxyl groups is 1. The Balaban J connectivity index is 1.73. The maximum absolute atomic E-state index is 14.6. The van der Waals surface area contributed by atoms with E-state index < -0.39 is 24.2 Å². The van der Waals surface area contributed by atoms with Crippen LogP contribution < -0.4 is 20.3 Å². The molecule has 0 spiro atoms. The number of anilines is 1. The fraction of sp³-hybridized carbons (Fsp3) is 0.696. The molecule has 11 heteroatoms. The van der Waals surface area contributed by atoms with Crippen LogP contribution in [0.4, 0.5) is 5.69 Å². The molecule has 0 unspecified atom stereocenters. The van der Waals surface area contributed by atoms with Crippen molar-refractivity contribution in [2.24, 2.45) is 34.5 Å². The molecule has 0 aromatic heterocycles. The molecular weight excluding hydrogens is 717 g/mol. The third kappa shape index (κ3) is 11.3. The molecule has 1 saturated carbocycles. The van der Waals surface area contributed by atoms with Crippen LogP contribution in [0.2, 0.25) is 0 Å². The Hall–Kier alpha value is -3.22. The summed E-state index contributed by atoms with van der Waals surface area (Å²) in [5, 5.41) is 19.8. The zero-order valence-electron chi connectivity index (χ0n) is 38.1. The Morgan fingerprint density at radius 3 is 2.26 bits per heavy atom. The summed E-state index contributed by atoms with van der Waals surface area (Å²) >= 11 is 0. The first-order chi connectivity index (χ1) is 26.4. The number of likely N-dealkylation sites (N-methyl/N-ethyl adjacent to an activating group) is 2. The predicted octanol–water partition coefficient (Wildman–Crippen LogP) is 6.39. The van der Waals surface area contributed by atoms with Crippen LogP contribution in [0.1, 0.15) is 91.1 Å². The predicted molar refractivity (Wildman–Crippen MR) is 232 cm³/mol. The van der Waals surface area contributed by atoms with Crippen molar-refractivity contribution >= 4 is 17.5 Å². The number of nitrogens with one attached hydrogen (secondary N) is 2. The molecule has 1 aliphatic heterocycles. The van der Waals surface area contributed by atoms with Crippen molar-refractivity contribution in [3.63, 3.8) is 0 Å². The van der Waals surface area contributed by atoms with Crippen LogP contribution in [-0.4, -0.2) is 125 Å². The van der Waals surface area contributed by atoms with E-state index in [1.54, 1.807) is 19.1 Å². The Morgan fingerprint density at radius 2 is 1.70 bits per heavy atom. The fourth-order valence-electron chi connectivity index (χ4n) is 9.18. The first kappa shape index (κ1) is 46.5. The van der Waals surface area contributed by atoms with E-state index >= 15 is 0 Å². The Labute approximate surface area is 344 Å². The minimum absolute atomic E-state index is 0.0137. The van der Waals surface area contributed by atoms with Crippen molar-refractivity contribution in [2.75, 3.05) is 67.4 Å². The summed E-state index contributed by atoms with van der Waals surface area (Å²) in [6, 6.07) is 11.2. The van der Waals surface area contributed by atoms with Gasteiger partial charge >= 0.3 is 0 Å². The van der Waals surface area contributed by atoms with Gasteiger partial charge in [0.15, 0.2) is 0 Å². The number of aliphatic hydroxyl groups excluding tert-OH is 1. The number of methoxy groups -OCH3 is 1. The van der Waals surface area contributed by atoms with Crippen molar-refractivity contribution in [3.05, 3.63) is 47.5 Å². The van der Waals surface area contributed by atoms with Crippen LogP contribution in [0.3, 0.4) is 0 Å². The quantitative estimate of drug-likeness (QED) is 0.189. The molecule has 1 saturated heterocycles. The van der Waals surface area contributed by atoms with E-state index in [0.717, 1.165) is 41.8 Å². The van der Waals surface area contributed by atoms with Gasteiger partial charge < -0.3 is 35.2 Å². The van der Waals surface area contributed by atoms with Crippen molar-refractivity contribution in [1.82, 2.24) is 25.5 Å². The number of hydrogen-bond acceptors (Lipinski definition) is 9. The Morgan fingerprint density at radius 1 is 1.04 bits per heavy atom. The molecule has 2 fully saturated rings. The Bertz CT molecular complexity index is 1670. The van der Waals surface area contributed by atoms with Crippen LogP contribution in [0.15, 0.2) is 36.4 Å². The molecule has 0 bridgehead atoms. The first-order valence-electron chi connectivity index (χ1n) is 21.0. The third-order valence-electron chi connectivity index (χ3n) is 13.0. The van der Waals surface area contributed by atoms with Gasteiger partial charge in [-0.2, -0.15) is 5.06 Å². The number of para-hydroxylation sites is 1. The summed E-state index contributed by atoms with van der Waals surface area (Å²) in [6.07, 6.45) is 0.542. The van der Waals surface area contributed by atoms with Gasteiger partial charge in [-0.1, -0.05) is 73.6 Å². The molecule has 4 rings (SSSR count). The molecule has 2 aromatic carbocycles. The molecule has 11 nitrogen and oxygen atoms in total. The van der Waals surface area contributed by atoms with Gasteiger partial charge in [0, 0.05) is 67.6 Å². The van der Waals surface area contributed by atoms with E-state index in [0.29, 0.717) is 29.7 Å². The molecular formula is C46H76N6O5. The van der Waals surface area contributed by atoms with E-state index in [1.807, 2.05) is 82.4 Å². The average Bonchev–Trinajstić information content (AvgIpc) is 3.45. The smallest absolute Gasteiger partial charge is 0.251 e. The number of carbonyl (C=O) groups excluding carboxylic acids is 2. The second-order valence-electron chi connectivity index (χ2n) is 19.8. The number of hydrogen-bond donors (Lipinski definition) is 3. The van der Waals surface area contributed by atoms with Crippen LogP contribution in [0, 0.1) is 34.5 Å². The molecule has 2 aliphatic rings. The normalized spacial score (nSPS) is 26.3. The molecule has 9 atom stereocenters. The minimum Gasteiger partial charge on any atom is -0.496 e. The van der Waals surface area contributed by atoms with Gasteiger partial charge in [0.1, 0.15) is 11.8 Å². The second-order valence-corrected chi connectivity index (χ2v) is 19.8. The van der Waals surface area contributed by atoms with Gasteiger partial charge in [0.2, 0.25) is 5.91 Å². The monoisotopic (exact) mass is 793 g/mol. The van der Waals surface area contributed by atoms with Crippen molar-refractivity contribution in [1.29, 1.82) is 0 Å². The highest BCUT2D eigenvalue weighted by molar-refractivity contribution is 5.97. The zero-order chi connectivity index (χ0) is 42.7. The molecule has 2 amide bonds. The molecule has 2 aromatic rings. The molecule has 57 heavy (non-hydrogen) atoms. The maximum Gasteiger partial charge on any atom is 0.251 e. The topological polar surface area (TPSA) is 110 Å². The molecule has 1 heterocycles. The lowest BCUT2D eigenvalue weighted by Gasteiger charge is -2.50. The first-order valence-corrected chi connectivity index (χ1v) is 21.0. The van der Waals surface area contributed by atoms with E-state index in [-0.39, 0.29) is 47.2 Å². The highest BCUT2D eigenvalue weighted by Crippen LogP contribution is 2.48. The maximum atomic E-state index is 14.6. The lowest BCUT2D eigenvalue weighted by molar-refractivity contribution is -0.178. The van der Waals surface area contributed by atoms with Crippen LogP contribution >= 0.6 is 0 Å². The summed E-state index contributed by atoms with van der Waals surface area (Å²) in [6.45, 7) is 21.4. The van der Waals surface area contributed by atoms with Crippen molar-refractivity contribution in [3.8, 4) is 16.9 Å². The average molecular weight is 793 g/mol. The highest BCUT2D eigenvalue weighted by Gasteiger charge is 2.51. The van der Waals surface area contributed by atoms with Gasteiger partial charge in [-0.15, -0.1) is 0 Å². The number of ether oxygens (including phenoxy) is 1. The van der Waals surface area contributed by atoms with Gasteiger partial charge in [-0.05, 0) is 100 Å². The molecule has 3 N–H and O–H groups in total. The van der Waals surface area contributed by atoms with Gasteiger partial charge in [-0.3, -0.25) is 14.4 Å². The van der Waals surface area contributed by atoms with E-state index in [1.165, 1.54) is 0 Å². The van der Waals surface area contributed by atoms with Crippen molar-refractivity contribution < 1.29 is 24.3 Å². The van der Waals surface area contributed by atoms with Crippen LogP contribution in [-0.2, 0) is 16.2 Å². The third-order valence-corrected chi connectivity index (χ3v) is 13.0. The number of benzene rings is 2. The summed E-state index contributed by atoms with van der Waals surface area (Å²) in [7, 11) is 13.6. The molecule has 0 radical (unpaired) electrons. The summed E-state index contributed by atoms with van der Waals surface area (Å²) < 4.78 is 6.19. The summed E-state index contributed by atoms with van der Waals surface area (Å²) in [4.78, 5) is 41.4. The van der Waals surface area contributed by atoms with E-state index in [4.69, 9.17) is 9.57 Å². The Kier molecular flexibility index (Phi) is 15.3. The summed E-state index contributed by atoms with van der Waals surface area (Å²) in [5.74, 6) is 1.08. The number of rotatable bonds is 15. The lowest BCUT2D eigenvalue weighted by Crippen LogP contribution is -2.57. The molecule has 1 aliphatic carbocycles. The van der Waals surface area contributed by atoms with E-state index in [2.05, 4.69) is 77.0 Å². The van der Waals surface area contributed by atoms with E-state index in [9.17, 15) is 14.7 Å². The standard InChI is InChI=1S/C46H76N6O5/c1-28-20-38(29(2)30(3)46(28,8)9)48-44(55)41-40(31(4)53)39(27-50(12)13)57-52(41)25-32-18-17-19-37(42(32)56-16)33-21-34(23-36(22-33)51(14)15)43(54)47-35(26-49(10)11)24-45(5,6)7/h17-19,21-23,28-31,35,38-41,53H,20,24-27H2,1-16H3,(H,47,54)(H,48,55)/t28-,29+,30+,31+,35+,38+,39+,40-,41+/m1/s1. The number of nitrogens with zero attached hydrogens (tertiary/aromatic N) is 4. The second kappa shape index (κ2) is 18.8. The number of hydroxylamine groups is 2. The molecule has 320 valence electrons. The van der Waals surface area contributed by atoms with Crippen LogP contribution in [0.5, 0.6) is 5.75 Å². The van der Waals surface area contributed by atoms with Gasteiger partial charge in [0.25, 0.3) is 5.91 Å². The minimum atomic E-state index is -0.788. The van der Waals surface area contributed by atoms with Crippen LogP contribution in [0.25, 0.3) is 11.1 Å². The van der Waals surface area contributed by atoms with Gasteiger partial charge in [-0.25, -0.2) is 0 Å². The largest absolute Gasteiger partial charge is 0.496 e. The number of amides is 2. The zero-order valence-corrected chi connectivity index (χ0v) is 38.1. The fourth-order valence-corrected chi connectivity index (χ4v) is 9.18. The highest BCUT2D eigenvalue weighted by atomic mass is 16.7. The number of carbonyl (C=O) groups is 2.